The van der Waals surface area contributed by atoms with Crippen LogP contribution < -0.4 is 15.0 Å². The average Bonchev–Trinajstić information content (AvgIpc) is 3.46. The second-order valence-electron chi connectivity index (χ2n) is 9.74. The number of rotatable bonds is 8. The standard InChI is InChI=1S/C31H25BrCl2N4O6/c1-2-42-24-15-19(27(32)28(34)29(24)43-17-26(39)37-9-11-41-12-10-37)16-35-38-30(36-22-6-4-3-5-21(22)31(38)40)25-14-18-13-20(33)7-8-23(18)44-25/h3-8,13-16H,2,9-12,17H2,1H3. The maximum absolute atomic E-state index is 13.7. The Morgan fingerprint density at radius 1 is 1.11 bits per heavy atom. The smallest absolute Gasteiger partial charge is 0.282 e. The molecule has 0 radical (unpaired) electrons. The van der Waals surface area contributed by atoms with Crippen molar-refractivity contribution in [2.45, 2.75) is 6.92 Å². The normalized spacial score (nSPS) is 13.7. The number of morpholine rings is 1. The van der Waals surface area contributed by atoms with Crippen LogP contribution in [-0.2, 0) is 9.53 Å². The molecule has 13 heteroatoms. The van der Waals surface area contributed by atoms with Gasteiger partial charge in [-0.2, -0.15) is 9.78 Å². The molecule has 5 aromatic rings. The first kappa shape index (κ1) is 30.1. The fourth-order valence-electron chi connectivity index (χ4n) is 4.77. The van der Waals surface area contributed by atoms with E-state index < -0.39 is 5.56 Å². The Labute approximate surface area is 269 Å². The van der Waals surface area contributed by atoms with Crippen LogP contribution >= 0.6 is 39.1 Å². The summed E-state index contributed by atoms with van der Waals surface area (Å²) in [6.07, 6.45) is 1.46. The summed E-state index contributed by atoms with van der Waals surface area (Å²) in [6.45, 7) is 3.89. The molecule has 44 heavy (non-hydrogen) atoms. The van der Waals surface area contributed by atoms with E-state index in [0.717, 1.165) is 5.39 Å². The minimum Gasteiger partial charge on any atom is -0.490 e. The Morgan fingerprint density at radius 3 is 2.70 bits per heavy atom. The lowest BCUT2D eigenvalue weighted by molar-refractivity contribution is -0.137. The van der Waals surface area contributed by atoms with Gasteiger partial charge in [-0.05, 0) is 65.3 Å². The Morgan fingerprint density at radius 2 is 1.91 bits per heavy atom. The first-order chi connectivity index (χ1) is 21.3. The first-order valence-corrected chi connectivity index (χ1v) is 15.3. The van der Waals surface area contributed by atoms with Gasteiger partial charge in [-0.15, -0.1) is 0 Å². The summed E-state index contributed by atoms with van der Waals surface area (Å²) in [7, 11) is 0. The molecule has 1 saturated heterocycles. The van der Waals surface area contributed by atoms with Crippen LogP contribution in [0.4, 0.5) is 0 Å². The molecule has 3 heterocycles. The molecule has 0 N–H and O–H groups in total. The summed E-state index contributed by atoms with van der Waals surface area (Å²) in [5.41, 5.74) is 1.18. The third kappa shape index (κ3) is 6.05. The van der Waals surface area contributed by atoms with E-state index in [-0.39, 0.29) is 29.1 Å². The molecule has 226 valence electrons. The minimum absolute atomic E-state index is 0.183. The number of nitrogens with zero attached hydrogens (tertiary/aromatic N) is 4. The molecular weight excluding hydrogens is 675 g/mol. The molecule has 3 aromatic carbocycles. The maximum Gasteiger partial charge on any atom is 0.282 e. The van der Waals surface area contributed by atoms with Crippen molar-refractivity contribution in [1.82, 2.24) is 14.6 Å². The SMILES string of the molecule is CCOc1cc(C=Nn2c(-c3cc4cc(Cl)ccc4o3)nc3ccccc3c2=O)c(Br)c(Cl)c1OCC(=O)N1CCOCC1. The van der Waals surface area contributed by atoms with Crippen LogP contribution in [0, 0.1) is 0 Å². The summed E-state index contributed by atoms with van der Waals surface area (Å²) in [6, 6.07) is 15.7. The maximum atomic E-state index is 13.7. The topological polar surface area (TPSA) is 108 Å². The lowest BCUT2D eigenvalue weighted by Crippen LogP contribution is -2.43. The van der Waals surface area contributed by atoms with Crippen LogP contribution in [0.2, 0.25) is 10.0 Å². The van der Waals surface area contributed by atoms with Gasteiger partial charge in [0.15, 0.2) is 23.9 Å². The number of halogens is 3. The van der Waals surface area contributed by atoms with E-state index in [0.29, 0.717) is 76.0 Å². The van der Waals surface area contributed by atoms with Gasteiger partial charge in [0, 0.05) is 33.5 Å². The van der Waals surface area contributed by atoms with Gasteiger partial charge in [0.25, 0.3) is 11.5 Å². The Bertz CT molecular complexity index is 1970. The summed E-state index contributed by atoms with van der Waals surface area (Å²) in [5, 5.41) is 6.41. The number of hydrogen-bond donors (Lipinski definition) is 0. The number of ether oxygens (including phenoxy) is 3. The predicted molar refractivity (Wildman–Crippen MR) is 172 cm³/mol. The minimum atomic E-state index is -0.394. The summed E-state index contributed by atoms with van der Waals surface area (Å²) < 4.78 is 24.7. The van der Waals surface area contributed by atoms with Crippen LogP contribution in [0.25, 0.3) is 33.5 Å². The van der Waals surface area contributed by atoms with Gasteiger partial charge in [0.1, 0.15) is 10.6 Å². The lowest BCUT2D eigenvalue weighted by Gasteiger charge is -2.27. The number of fused-ring (bicyclic) bond motifs is 2. The number of hydrogen-bond acceptors (Lipinski definition) is 8. The molecule has 10 nitrogen and oxygen atoms in total. The number of amides is 1. The summed E-state index contributed by atoms with van der Waals surface area (Å²) in [5.74, 6) is 0.881. The highest BCUT2D eigenvalue weighted by Crippen LogP contribution is 2.42. The van der Waals surface area contributed by atoms with Gasteiger partial charge >= 0.3 is 0 Å². The molecule has 1 aliphatic heterocycles. The van der Waals surface area contributed by atoms with E-state index in [9.17, 15) is 9.59 Å². The molecule has 1 fully saturated rings. The van der Waals surface area contributed by atoms with Crippen molar-refractivity contribution in [3.63, 3.8) is 0 Å². The van der Waals surface area contributed by atoms with Gasteiger partial charge < -0.3 is 23.5 Å². The molecule has 1 aliphatic rings. The van der Waals surface area contributed by atoms with Gasteiger partial charge in [0.2, 0.25) is 5.82 Å². The predicted octanol–water partition coefficient (Wildman–Crippen LogP) is 6.40. The van der Waals surface area contributed by atoms with Crippen LogP contribution in [0.1, 0.15) is 12.5 Å². The highest BCUT2D eigenvalue weighted by atomic mass is 79.9. The molecule has 6 rings (SSSR count). The van der Waals surface area contributed by atoms with E-state index >= 15 is 0 Å². The van der Waals surface area contributed by atoms with E-state index in [1.807, 2.05) is 6.92 Å². The molecule has 1 amide bonds. The van der Waals surface area contributed by atoms with Crippen molar-refractivity contribution >= 4 is 73.1 Å². The zero-order valence-corrected chi connectivity index (χ0v) is 26.5. The Balaban J connectivity index is 1.39. The van der Waals surface area contributed by atoms with Crippen molar-refractivity contribution in [1.29, 1.82) is 0 Å². The second-order valence-corrected chi connectivity index (χ2v) is 11.4. The van der Waals surface area contributed by atoms with Gasteiger partial charge in [-0.25, -0.2) is 4.98 Å². The van der Waals surface area contributed by atoms with Crippen LogP contribution in [0.3, 0.4) is 0 Å². The fourth-order valence-corrected chi connectivity index (χ4v) is 5.60. The van der Waals surface area contributed by atoms with Crippen molar-refractivity contribution in [3.05, 3.63) is 85.0 Å². The van der Waals surface area contributed by atoms with Crippen molar-refractivity contribution < 1.29 is 23.4 Å². The molecule has 0 bridgehead atoms. The lowest BCUT2D eigenvalue weighted by atomic mass is 10.2. The number of para-hydroxylation sites is 1. The second kappa shape index (κ2) is 13.0. The molecule has 0 spiro atoms. The summed E-state index contributed by atoms with van der Waals surface area (Å²) in [4.78, 5) is 32.8. The monoisotopic (exact) mass is 698 g/mol. The van der Waals surface area contributed by atoms with Crippen LogP contribution in [0.5, 0.6) is 11.5 Å². The number of carbonyl (C=O) groups excluding carboxylic acids is 1. The Hall–Kier alpha value is -3.90. The van der Waals surface area contributed by atoms with Crippen molar-refractivity contribution in [3.8, 4) is 23.1 Å². The molecule has 0 unspecified atom stereocenters. The van der Waals surface area contributed by atoms with Gasteiger partial charge in [0.05, 0.1) is 36.9 Å². The van der Waals surface area contributed by atoms with Gasteiger partial charge in [-0.3, -0.25) is 9.59 Å². The number of aromatic nitrogens is 2. The van der Waals surface area contributed by atoms with Crippen LogP contribution in [0.15, 0.2) is 73.4 Å². The average molecular weight is 700 g/mol. The number of benzene rings is 3. The number of furan rings is 1. The molecule has 2 aromatic heterocycles. The van der Waals surface area contributed by atoms with E-state index in [1.54, 1.807) is 59.5 Å². The molecule has 0 saturated carbocycles. The molecule has 0 atom stereocenters. The molecule has 0 aliphatic carbocycles. The van der Waals surface area contributed by atoms with Crippen molar-refractivity contribution in [2.75, 3.05) is 39.5 Å². The third-order valence-corrected chi connectivity index (χ3v) is 8.60. The third-order valence-electron chi connectivity index (χ3n) is 6.92. The highest BCUT2D eigenvalue weighted by Gasteiger charge is 2.22. The number of carbonyl (C=O) groups is 1. The van der Waals surface area contributed by atoms with Crippen molar-refractivity contribution in [2.24, 2.45) is 5.10 Å². The fraction of sp³-hybridized carbons (Fsp3) is 0.226. The first-order valence-electron chi connectivity index (χ1n) is 13.7. The largest absolute Gasteiger partial charge is 0.490 e. The Kier molecular flexibility index (Phi) is 8.90. The summed E-state index contributed by atoms with van der Waals surface area (Å²) >= 11 is 16.4. The van der Waals surface area contributed by atoms with E-state index in [2.05, 4.69) is 21.0 Å². The zero-order valence-electron chi connectivity index (χ0n) is 23.4. The molecular formula is C31H25BrCl2N4O6. The zero-order chi connectivity index (χ0) is 30.8. The quantitative estimate of drug-likeness (QED) is 0.173. The van der Waals surface area contributed by atoms with Crippen LogP contribution in [-0.4, -0.2) is 66.2 Å². The van der Waals surface area contributed by atoms with Gasteiger partial charge in [-0.1, -0.05) is 35.3 Å². The van der Waals surface area contributed by atoms with E-state index in [4.69, 9.17) is 46.8 Å². The van der Waals surface area contributed by atoms with E-state index in [1.165, 1.54) is 10.9 Å². The highest BCUT2D eigenvalue weighted by molar-refractivity contribution is 9.10.